The highest BCUT2D eigenvalue weighted by atomic mass is 32.3. The lowest BCUT2D eigenvalue weighted by Crippen LogP contribution is -2.19. The molecule has 128 valence electrons. The first-order valence-electron chi connectivity index (χ1n) is 8.16. The van der Waals surface area contributed by atoms with Crippen molar-refractivity contribution in [3.8, 4) is 0 Å². The van der Waals surface area contributed by atoms with Crippen molar-refractivity contribution in [2.75, 3.05) is 0 Å². The van der Waals surface area contributed by atoms with Gasteiger partial charge in [-0.3, -0.25) is 4.99 Å². The first kappa shape index (κ1) is 15.7. The zero-order valence-corrected chi connectivity index (χ0v) is 14.7. The molecule has 0 bridgehead atoms. The fourth-order valence-corrected chi connectivity index (χ4v) is 5.21. The summed E-state index contributed by atoms with van der Waals surface area (Å²) < 4.78 is 0. The number of aromatic nitrogens is 4. The van der Waals surface area contributed by atoms with Crippen molar-refractivity contribution in [2.24, 2.45) is 4.99 Å². The minimum absolute atomic E-state index is 0.931. The minimum Gasteiger partial charge on any atom is -0.258 e. The molecule has 0 radical (unpaired) electrons. The lowest BCUT2D eigenvalue weighted by molar-refractivity contribution is -0.0108. The molecular weight excluding hydrogens is 334 g/mol. The molecule has 1 aliphatic heterocycles. The van der Waals surface area contributed by atoms with Gasteiger partial charge in [-0.15, -0.1) is 20.2 Å². The van der Waals surface area contributed by atoms with E-state index in [2.05, 4.69) is 51.8 Å². The van der Waals surface area contributed by atoms with Gasteiger partial charge in [0.2, 0.25) is 0 Å². The summed E-state index contributed by atoms with van der Waals surface area (Å²) >= 11 is 0. The van der Waals surface area contributed by atoms with E-state index in [9.17, 15) is 0 Å². The van der Waals surface area contributed by atoms with Crippen LogP contribution in [0.5, 0.6) is 0 Å². The molecule has 4 rings (SSSR count). The summed E-state index contributed by atoms with van der Waals surface area (Å²) in [5, 5.41) is 11.7. The van der Waals surface area contributed by atoms with Gasteiger partial charge >= 0.3 is 0 Å². The predicted molar refractivity (Wildman–Crippen MR) is 98.6 cm³/mol. The van der Waals surface area contributed by atoms with Crippen LogP contribution < -0.4 is 4.94 Å². The predicted octanol–water partition coefficient (Wildman–Crippen LogP) is 3.66. The summed E-state index contributed by atoms with van der Waals surface area (Å²) in [6.45, 7) is 2.19. The Morgan fingerprint density at radius 1 is 1.08 bits per heavy atom. The van der Waals surface area contributed by atoms with Crippen LogP contribution in [0.2, 0.25) is 0 Å². The summed E-state index contributed by atoms with van der Waals surface area (Å²) in [4.78, 5) is 13.9. The molecule has 0 aliphatic carbocycles. The molecule has 2 aromatic heterocycles. The Morgan fingerprint density at radius 2 is 1.96 bits per heavy atom. The van der Waals surface area contributed by atoms with E-state index in [4.69, 9.17) is 4.94 Å². The van der Waals surface area contributed by atoms with E-state index in [0.717, 1.165) is 17.9 Å². The molecule has 0 N–H and O–H groups in total. The third-order valence-corrected chi connectivity index (χ3v) is 6.94. The van der Waals surface area contributed by atoms with Crippen LogP contribution in [0.25, 0.3) is 0 Å². The molecule has 1 aliphatic rings. The first-order valence-corrected chi connectivity index (χ1v) is 9.92. The van der Waals surface area contributed by atoms with Gasteiger partial charge in [0.1, 0.15) is 5.03 Å². The van der Waals surface area contributed by atoms with Crippen molar-refractivity contribution in [3.63, 3.8) is 0 Å². The highest BCUT2D eigenvalue weighted by Gasteiger charge is 2.29. The fourth-order valence-electron chi connectivity index (χ4n) is 2.76. The van der Waals surface area contributed by atoms with E-state index in [1.165, 1.54) is 20.1 Å². The summed E-state index contributed by atoms with van der Waals surface area (Å²) in [6, 6.07) is 12.5. The standard InChI is InChI=1S/C18H19N5OS/c1-2-4-16-5-7-17(8-6-16)25(14-11-19-15-25)18-9-13-23(21-18)24-22-12-3-10-20-22/h3,5-15H,2,4H2,1H3. The summed E-state index contributed by atoms with van der Waals surface area (Å²) in [5.41, 5.74) is 3.36. The van der Waals surface area contributed by atoms with Crippen LogP contribution in [0, 0.1) is 0 Å². The van der Waals surface area contributed by atoms with Gasteiger partial charge in [0, 0.05) is 11.1 Å². The molecule has 6 nitrogen and oxygen atoms in total. The van der Waals surface area contributed by atoms with E-state index in [1.807, 2.05) is 17.8 Å². The number of hydrogen-bond donors (Lipinski definition) is 0. The van der Waals surface area contributed by atoms with Crippen LogP contribution in [0.15, 0.2) is 81.5 Å². The highest BCUT2D eigenvalue weighted by molar-refractivity contribution is 8.46. The molecule has 0 saturated heterocycles. The number of benzene rings is 1. The Kier molecular flexibility index (Phi) is 4.15. The van der Waals surface area contributed by atoms with Crippen molar-refractivity contribution in [1.82, 2.24) is 19.9 Å². The number of hydrogen-bond acceptors (Lipinski definition) is 4. The van der Waals surface area contributed by atoms with Crippen LogP contribution in [-0.2, 0) is 6.42 Å². The van der Waals surface area contributed by atoms with E-state index >= 15 is 0 Å². The number of nitrogens with zero attached hydrogens (tertiary/aromatic N) is 5. The molecular formula is C18H19N5OS. The van der Waals surface area contributed by atoms with E-state index in [1.54, 1.807) is 24.7 Å². The van der Waals surface area contributed by atoms with Crippen molar-refractivity contribution in [2.45, 2.75) is 29.7 Å². The Bertz CT molecular complexity index is 884. The molecule has 1 aromatic carbocycles. The van der Waals surface area contributed by atoms with Crippen LogP contribution in [0.4, 0.5) is 0 Å². The van der Waals surface area contributed by atoms with Crippen molar-refractivity contribution >= 4 is 15.6 Å². The Hall–Kier alpha value is -2.80. The van der Waals surface area contributed by atoms with Gasteiger partial charge in [-0.05, 0) is 41.7 Å². The van der Waals surface area contributed by atoms with Crippen LogP contribution in [-0.4, -0.2) is 25.4 Å². The Balaban J connectivity index is 1.66. The molecule has 0 fully saturated rings. The number of rotatable bonds is 6. The third kappa shape index (κ3) is 2.98. The largest absolute Gasteiger partial charge is 0.258 e. The van der Waals surface area contributed by atoms with Crippen molar-refractivity contribution in [1.29, 1.82) is 0 Å². The van der Waals surface area contributed by atoms with Crippen molar-refractivity contribution in [3.05, 3.63) is 72.2 Å². The van der Waals surface area contributed by atoms with Gasteiger partial charge < -0.3 is 0 Å². The molecule has 0 amide bonds. The lowest BCUT2D eigenvalue weighted by atomic mass is 10.1. The van der Waals surface area contributed by atoms with E-state index < -0.39 is 10.0 Å². The maximum absolute atomic E-state index is 5.55. The average molecular weight is 353 g/mol. The first-order chi connectivity index (χ1) is 12.3. The van der Waals surface area contributed by atoms with Gasteiger partial charge in [-0.1, -0.05) is 35.2 Å². The second-order valence-electron chi connectivity index (χ2n) is 5.69. The normalized spacial score (nSPS) is 21.3. The van der Waals surface area contributed by atoms with Crippen LogP contribution in [0.3, 0.4) is 0 Å². The molecule has 7 heteroatoms. The van der Waals surface area contributed by atoms with E-state index in [0.29, 0.717) is 0 Å². The molecule has 0 spiro atoms. The molecule has 0 saturated carbocycles. The van der Waals surface area contributed by atoms with Gasteiger partial charge in [-0.2, -0.15) is 0 Å². The second kappa shape index (κ2) is 6.60. The Labute approximate surface area is 147 Å². The SMILES string of the molecule is CCCc1ccc(S2(c3ccn(On4cccn4)n3)C=CN=C2)cc1. The third-order valence-electron chi connectivity index (χ3n) is 3.98. The zero-order chi connectivity index (χ0) is 17.1. The molecule has 3 heterocycles. The minimum atomic E-state index is -1.52. The van der Waals surface area contributed by atoms with E-state index in [-0.39, 0.29) is 0 Å². The summed E-state index contributed by atoms with van der Waals surface area (Å²) in [7, 11) is -1.52. The molecule has 1 unspecified atom stereocenters. The molecule has 3 aromatic rings. The Morgan fingerprint density at radius 3 is 2.64 bits per heavy atom. The summed E-state index contributed by atoms with van der Waals surface area (Å²) in [6.07, 6.45) is 9.25. The fraction of sp³-hybridized carbons (Fsp3) is 0.167. The highest BCUT2D eigenvalue weighted by Crippen LogP contribution is 2.62. The summed E-state index contributed by atoms with van der Waals surface area (Å²) in [5.74, 6) is 0. The van der Waals surface area contributed by atoms with Gasteiger partial charge in [0.05, 0.1) is 24.1 Å². The topological polar surface area (TPSA) is 57.2 Å². The maximum atomic E-state index is 5.55. The number of aliphatic imine (C=N–C) groups is 1. The van der Waals surface area contributed by atoms with Gasteiger partial charge in [0.25, 0.3) is 0 Å². The van der Waals surface area contributed by atoms with Gasteiger partial charge in [-0.25, -0.2) is 4.94 Å². The van der Waals surface area contributed by atoms with Gasteiger partial charge in [0.15, 0.2) is 0 Å². The average Bonchev–Trinajstić information content (AvgIpc) is 3.38. The monoisotopic (exact) mass is 353 g/mol. The molecule has 1 atom stereocenters. The molecule has 25 heavy (non-hydrogen) atoms. The quantitative estimate of drug-likeness (QED) is 0.679. The number of aryl methyl sites for hydroxylation is 1. The lowest BCUT2D eigenvalue weighted by Gasteiger charge is -2.28. The van der Waals surface area contributed by atoms with Crippen molar-refractivity contribution < 1.29 is 4.94 Å². The van der Waals surface area contributed by atoms with Crippen LogP contribution in [0.1, 0.15) is 18.9 Å². The maximum Gasteiger partial charge on any atom is 0.117 e. The smallest absolute Gasteiger partial charge is 0.117 e. The zero-order valence-electron chi connectivity index (χ0n) is 13.9. The van der Waals surface area contributed by atoms with Crippen LogP contribution >= 0.6 is 10.0 Å². The second-order valence-corrected chi connectivity index (χ2v) is 8.48.